The number of benzene rings is 2. The van der Waals surface area contributed by atoms with Gasteiger partial charge in [-0.2, -0.15) is 9.97 Å². The molecule has 2 unspecified atom stereocenters. The molecule has 3 fully saturated rings. The summed E-state index contributed by atoms with van der Waals surface area (Å²) >= 11 is 0. The Hall–Kier alpha value is -4.03. The van der Waals surface area contributed by atoms with Gasteiger partial charge in [-0.1, -0.05) is 18.2 Å². The summed E-state index contributed by atoms with van der Waals surface area (Å²) in [6, 6.07) is 9.54. The van der Waals surface area contributed by atoms with Gasteiger partial charge < -0.3 is 25.1 Å². The standard InChI is InChI=1S/C37H47F2N7O3/c1-37(2,3)49-36(47)46-24-10-11-25(46)21-45(20-24)34-28-13-12-27(29-19-41-30-9-4-7-23(14-15-38)31(29)30)32(39)33(28)42-35(43-34)48-22-26-8-5-17-44(26)18-6-16-40/h4,7,9,12-13,19,24-26,41H,5-6,8,10-11,14-18,20-22,40H2,1-3H3/t24?,25?,26-/m0/s1. The fourth-order valence-corrected chi connectivity index (χ4v) is 7.95. The minimum atomic E-state index is -0.589. The molecule has 5 heterocycles. The van der Waals surface area contributed by atoms with Crippen molar-refractivity contribution in [1.82, 2.24) is 24.8 Å². The Labute approximate surface area is 285 Å². The van der Waals surface area contributed by atoms with Gasteiger partial charge in [-0.05, 0) is 90.2 Å². The number of aryl methyl sites for hydroxylation is 1. The highest BCUT2D eigenvalue weighted by Crippen LogP contribution is 2.40. The van der Waals surface area contributed by atoms with Crippen LogP contribution in [0.25, 0.3) is 32.9 Å². The smallest absolute Gasteiger partial charge is 0.410 e. The number of ether oxygens (including phenoxy) is 2. The fraction of sp³-hybridized carbons (Fsp3) is 0.541. The maximum atomic E-state index is 16.9. The molecule has 0 radical (unpaired) electrons. The number of nitrogens with one attached hydrogen (secondary N) is 1. The molecule has 4 aromatic rings. The van der Waals surface area contributed by atoms with Gasteiger partial charge in [0.2, 0.25) is 0 Å². The van der Waals surface area contributed by atoms with Crippen molar-refractivity contribution in [2.75, 3.05) is 50.9 Å². The zero-order chi connectivity index (χ0) is 34.3. The van der Waals surface area contributed by atoms with E-state index in [1.807, 2.05) is 49.9 Å². The van der Waals surface area contributed by atoms with E-state index in [1.165, 1.54) is 0 Å². The van der Waals surface area contributed by atoms with Gasteiger partial charge in [0.05, 0.1) is 18.8 Å². The number of carbonyl (C=O) groups excluding carboxylic acids is 1. The van der Waals surface area contributed by atoms with Gasteiger partial charge in [-0.25, -0.2) is 9.18 Å². The summed E-state index contributed by atoms with van der Waals surface area (Å²) in [5, 5.41) is 1.38. The Morgan fingerprint density at radius 3 is 2.61 bits per heavy atom. The predicted molar refractivity (Wildman–Crippen MR) is 187 cm³/mol. The van der Waals surface area contributed by atoms with Gasteiger partial charge in [-0.3, -0.25) is 14.2 Å². The van der Waals surface area contributed by atoms with Gasteiger partial charge in [0.15, 0.2) is 5.82 Å². The van der Waals surface area contributed by atoms with Gasteiger partial charge in [0, 0.05) is 59.2 Å². The molecule has 3 aliphatic heterocycles. The first-order valence-corrected chi connectivity index (χ1v) is 17.6. The number of amides is 1. The Bertz CT molecular complexity index is 1810. The van der Waals surface area contributed by atoms with E-state index in [2.05, 4.69) is 14.8 Å². The number of nitrogens with zero attached hydrogens (tertiary/aromatic N) is 5. The van der Waals surface area contributed by atoms with Gasteiger partial charge in [-0.15, -0.1) is 0 Å². The molecule has 49 heavy (non-hydrogen) atoms. The topological polar surface area (TPSA) is 113 Å². The molecule has 2 aromatic heterocycles. The van der Waals surface area contributed by atoms with E-state index in [9.17, 15) is 9.18 Å². The maximum Gasteiger partial charge on any atom is 0.410 e. The van der Waals surface area contributed by atoms with Crippen molar-refractivity contribution in [2.45, 2.75) is 83.0 Å². The number of hydrogen-bond acceptors (Lipinski definition) is 8. The van der Waals surface area contributed by atoms with Crippen molar-refractivity contribution in [3.05, 3.63) is 47.9 Å². The number of fused-ring (bicyclic) bond motifs is 4. The first kappa shape index (κ1) is 33.5. The number of aromatic amines is 1. The number of likely N-dealkylation sites (tertiary alicyclic amines) is 1. The molecule has 10 nitrogen and oxygen atoms in total. The number of aromatic nitrogens is 3. The fourth-order valence-electron chi connectivity index (χ4n) is 7.95. The van der Waals surface area contributed by atoms with Crippen molar-refractivity contribution in [3.8, 4) is 17.1 Å². The molecule has 3 atom stereocenters. The van der Waals surface area contributed by atoms with Crippen LogP contribution in [0, 0.1) is 5.82 Å². The third-order valence-corrected chi connectivity index (χ3v) is 10.2. The second-order valence-electron chi connectivity index (χ2n) is 14.6. The molecule has 3 aliphatic rings. The van der Waals surface area contributed by atoms with E-state index < -0.39 is 18.1 Å². The van der Waals surface area contributed by atoms with E-state index in [1.54, 1.807) is 12.3 Å². The monoisotopic (exact) mass is 675 g/mol. The van der Waals surface area contributed by atoms with Crippen LogP contribution in [-0.4, -0.2) is 101 Å². The quantitative estimate of drug-likeness (QED) is 0.204. The lowest BCUT2D eigenvalue weighted by Crippen LogP contribution is -2.57. The summed E-state index contributed by atoms with van der Waals surface area (Å²) in [5.74, 6) is 0.109. The van der Waals surface area contributed by atoms with Gasteiger partial charge in [0.25, 0.3) is 0 Å². The van der Waals surface area contributed by atoms with Crippen LogP contribution < -0.4 is 15.4 Å². The largest absolute Gasteiger partial charge is 0.462 e. The van der Waals surface area contributed by atoms with E-state index in [4.69, 9.17) is 25.2 Å². The number of nitrogens with two attached hydrogens (primary N) is 1. The summed E-state index contributed by atoms with van der Waals surface area (Å²) in [7, 11) is 0. The molecule has 262 valence electrons. The maximum absolute atomic E-state index is 16.9. The third kappa shape index (κ3) is 6.64. The SMILES string of the molecule is CC(C)(C)OC(=O)N1C2CCC1CN(c1nc(OC[C@@H]3CCCN3CCCN)nc3c(F)c(-c4c[nH]c5cccc(CCF)c45)ccc13)C2. The Balaban J connectivity index is 1.26. The minimum Gasteiger partial charge on any atom is -0.462 e. The van der Waals surface area contributed by atoms with E-state index in [0.717, 1.165) is 61.7 Å². The number of H-pyrrole nitrogens is 1. The Morgan fingerprint density at radius 1 is 1.08 bits per heavy atom. The average molecular weight is 676 g/mol. The van der Waals surface area contributed by atoms with Crippen LogP contribution in [0.2, 0.25) is 0 Å². The molecular weight excluding hydrogens is 628 g/mol. The second-order valence-corrected chi connectivity index (χ2v) is 14.6. The Morgan fingerprint density at radius 2 is 1.88 bits per heavy atom. The van der Waals surface area contributed by atoms with E-state index in [0.29, 0.717) is 48.6 Å². The molecule has 2 bridgehead atoms. The van der Waals surface area contributed by atoms with Crippen molar-refractivity contribution in [2.24, 2.45) is 5.73 Å². The van der Waals surface area contributed by atoms with Crippen LogP contribution in [0.1, 0.15) is 58.4 Å². The summed E-state index contributed by atoms with van der Waals surface area (Å²) in [4.78, 5) is 32.5. The van der Waals surface area contributed by atoms with Crippen LogP contribution >= 0.6 is 0 Å². The minimum absolute atomic E-state index is 0.0539. The average Bonchev–Trinajstić information content (AvgIpc) is 3.78. The van der Waals surface area contributed by atoms with Gasteiger partial charge >= 0.3 is 12.1 Å². The van der Waals surface area contributed by atoms with Crippen LogP contribution in [0.15, 0.2) is 36.5 Å². The first-order chi connectivity index (χ1) is 23.6. The zero-order valence-electron chi connectivity index (χ0n) is 28.7. The molecule has 3 N–H and O–H groups in total. The number of alkyl halides is 1. The van der Waals surface area contributed by atoms with Crippen LogP contribution in [0.3, 0.4) is 0 Å². The summed E-state index contributed by atoms with van der Waals surface area (Å²) in [6.07, 6.45) is 6.43. The number of piperazine rings is 1. The zero-order valence-corrected chi connectivity index (χ0v) is 28.7. The molecule has 12 heteroatoms. The number of hydrogen-bond donors (Lipinski definition) is 2. The third-order valence-electron chi connectivity index (χ3n) is 10.2. The van der Waals surface area contributed by atoms with Crippen molar-refractivity contribution in [3.63, 3.8) is 0 Å². The number of rotatable bonds is 10. The Kier molecular flexibility index (Phi) is 9.36. The highest BCUT2D eigenvalue weighted by atomic mass is 19.1. The summed E-state index contributed by atoms with van der Waals surface area (Å²) in [5.41, 5.74) is 8.04. The van der Waals surface area contributed by atoms with Gasteiger partial charge in [0.1, 0.15) is 23.5 Å². The highest BCUT2D eigenvalue weighted by molar-refractivity contribution is 6.01. The molecule has 2 aromatic carbocycles. The molecule has 0 aliphatic carbocycles. The molecule has 0 saturated carbocycles. The second kappa shape index (κ2) is 13.7. The molecule has 1 amide bonds. The van der Waals surface area contributed by atoms with Crippen molar-refractivity contribution in [1.29, 1.82) is 0 Å². The lowest BCUT2D eigenvalue weighted by atomic mass is 9.98. The lowest BCUT2D eigenvalue weighted by Gasteiger charge is -2.42. The van der Waals surface area contributed by atoms with Crippen LogP contribution in [0.5, 0.6) is 6.01 Å². The van der Waals surface area contributed by atoms with Crippen LogP contribution in [-0.2, 0) is 11.2 Å². The number of anilines is 1. The molecule has 3 saturated heterocycles. The highest BCUT2D eigenvalue weighted by Gasteiger charge is 2.45. The van der Waals surface area contributed by atoms with E-state index >= 15 is 4.39 Å². The lowest BCUT2D eigenvalue weighted by molar-refractivity contribution is 0.0122. The number of carbonyl (C=O) groups is 1. The molecule has 7 rings (SSSR count). The first-order valence-electron chi connectivity index (χ1n) is 17.6. The van der Waals surface area contributed by atoms with Crippen LogP contribution in [0.4, 0.5) is 19.4 Å². The van der Waals surface area contributed by atoms with E-state index in [-0.39, 0.29) is 42.2 Å². The normalized spacial score (nSPS) is 21.3. The molecular formula is C37H47F2N7O3. The predicted octanol–water partition coefficient (Wildman–Crippen LogP) is 6.21. The van der Waals surface area contributed by atoms with Crippen molar-refractivity contribution >= 4 is 33.7 Å². The summed E-state index contributed by atoms with van der Waals surface area (Å²) in [6.45, 7) is 9.13. The number of halogens is 2. The van der Waals surface area contributed by atoms with Crippen molar-refractivity contribution < 1.29 is 23.0 Å². The molecule has 0 spiro atoms. The summed E-state index contributed by atoms with van der Waals surface area (Å²) < 4.78 is 42.5.